The van der Waals surface area contributed by atoms with Gasteiger partial charge < -0.3 is 15.4 Å². The van der Waals surface area contributed by atoms with Gasteiger partial charge in [0.25, 0.3) is 0 Å². The zero-order chi connectivity index (χ0) is 11.0. The first kappa shape index (κ1) is 9.66. The minimum Gasteiger partial charge on any atom is -0.471 e. The topological polar surface area (TPSA) is 62.3 Å². The van der Waals surface area contributed by atoms with Crippen LogP contribution in [0.25, 0.3) is 0 Å². The summed E-state index contributed by atoms with van der Waals surface area (Å²) < 4.78 is 5.56. The van der Waals surface area contributed by atoms with Gasteiger partial charge in [-0.15, -0.1) is 0 Å². The van der Waals surface area contributed by atoms with Crippen molar-refractivity contribution < 1.29 is 4.74 Å². The van der Waals surface area contributed by atoms with Crippen LogP contribution in [0.5, 0.6) is 5.75 Å². The van der Waals surface area contributed by atoms with E-state index >= 15 is 0 Å². The summed E-state index contributed by atoms with van der Waals surface area (Å²) in [5.74, 6) is 0.719. The Bertz CT molecular complexity index is 424. The molecule has 0 bridgehead atoms. The maximum atomic E-state index is 8.93. The van der Waals surface area contributed by atoms with Gasteiger partial charge in [0, 0.05) is 12.7 Å². The average molecular weight is 203 g/mol. The number of fused-ring (bicyclic) bond motifs is 1. The van der Waals surface area contributed by atoms with Crippen molar-refractivity contribution in [1.82, 2.24) is 0 Å². The number of nitriles is 1. The summed E-state index contributed by atoms with van der Waals surface area (Å²) in [6, 6.07) is 7.61. The van der Waals surface area contributed by atoms with Crippen molar-refractivity contribution in [1.29, 1.82) is 5.26 Å². The molecule has 0 saturated carbocycles. The summed E-state index contributed by atoms with van der Waals surface area (Å²) in [6.07, 6.45) is -0.425. The highest BCUT2D eigenvalue weighted by atomic mass is 16.5. The number of nitrogens with two attached hydrogens (primary N) is 1. The summed E-state index contributed by atoms with van der Waals surface area (Å²) in [7, 11) is 1.94. The van der Waals surface area contributed by atoms with Crippen molar-refractivity contribution in [2.45, 2.75) is 19.1 Å². The fourth-order valence-corrected chi connectivity index (χ4v) is 1.70. The minimum atomic E-state index is -0.425. The Morgan fingerprint density at radius 1 is 1.53 bits per heavy atom. The molecule has 0 saturated heterocycles. The molecule has 1 aliphatic rings. The van der Waals surface area contributed by atoms with Crippen LogP contribution in [0.3, 0.4) is 0 Å². The molecule has 0 aromatic heterocycles. The van der Waals surface area contributed by atoms with Crippen LogP contribution in [0.4, 0.5) is 11.4 Å². The summed E-state index contributed by atoms with van der Waals surface area (Å²) >= 11 is 0. The molecule has 0 radical (unpaired) electrons. The van der Waals surface area contributed by atoms with Gasteiger partial charge >= 0.3 is 0 Å². The van der Waals surface area contributed by atoms with Crippen LogP contribution in [-0.4, -0.2) is 19.2 Å². The minimum absolute atomic E-state index is 0.0318. The van der Waals surface area contributed by atoms with Gasteiger partial charge in [-0.2, -0.15) is 5.26 Å². The molecule has 1 aliphatic heterocycles. The third-order valence-corrected chi connectivity index (χ3v) is 2.79. The van der Waals surface area contributed by atoms with E-state index in [1.807, 2.05) is 24.9 Å². The van der Waals surface area contributed by atoms with Gasteiger partial charge in [0.05, 0.1) is 11.7 Å². The highest BCUT2D eigenvalue weighted by Crippen LogP contribution is 2.36. The molecule has 1 heterocycles. The Hall–Kier alpha value is -1.89. The van der Waals surface area contributed by atoms with Crippen molar-refractivity contribution in [2.75, 3.05) is 17.7 Å². The quantitative estimate of drug-likeness (QED) is 0.647. The molecular weight excluding hydrogens is 190 g/mol. The third kappa shape index (κ3) is 1.46. The van der Waals surface area contributed by atoms with E-state index in [0.717, 1.165) is 11.4 Å². The molecule has 2 rings (SSSR count). The molecule has 78 valence electrons. The molecule has 2 atom stereocenters. The Kier molecular flexibility index (Phi) is 2.16. The smallest absolute Gasteiger partial charge is 0.204 e. The zero-order valence-electron chi connectivity index (χ0n) is 8.77. The molecule has 0 spiro atoms. The molecule has 4 heteroatoms. The molecule has 1 aromatic rings. The third-order valence-electron chi connectivity index (χ3n) is 2.79. The van der Waals surface area contributed by atoms with E-state index in [0.29, 0.717) is 5.69 Å². The number of hydrogen-bond acceptors (Lipinski definition) is 4. The van der Waals surface area contributed by atoms with Crippen LogP contribution in [-0.2, 0) is 0 Å². The number of anilines is 2. The van der Waals surface area contributed by atoms with Gasteiger partial charge in [-0.1, -0.05) is 0 Å². The normalized spacial score (nSPS) is 23.9. The molecule has 0 amide bonds. The highest BCUT2D eigenvalue weighted by molar-refractivity contribution is 5.66. The summed E-state index contributed by atoms with van der Waals surface area (Å²) in [5, 5.41) is 8.93. The van der Waals surface area contributed by atoms with Crippen molar-refractivity contribution in [2.24, 2.45) is 0 Å². The van der Waals surface area contributed by atoms with Crippen LogP contribution in [0.2, 0.25) is 0 Å². The van der Waals surface area contributed by atoms with Crippen molar-refractivity contribution >= 4 is 11.4 Å². The monoisotopic (exact) mass is 203 g/mol. The lowest BCUT2D eigenvalue weighted by Gasteiger charge is -2.36. The zero-order valence-corrected chi connectivity index (χ0v) is 8.77. The van der Waals surface area contributed by atoms with E-state index in [-0.39, 0.29) is 6.04 Å². The SMILES string of the molecule is CC1C(C#N)Oc2ccc(N)cc2N1C. The van der Waals surface area contributed by atoms with Gasteiger partial charge in [-0.3, -0.25) is 0 Å². The van der Waals surface area contributed by atoms with E-state index in [9.17, 15) is 0 Å². The van der Waals surface area contributed by atoms with Crippen molar-refractivity contribution in [3.05, 3.63) is 18.2 Å². The first-order chi connectivity index (χ1) is 7.13. The molecule has 2 N–H and O–H groups in total. The van der Waals surface area contributed by atoms with Gasteiger partial charge in [-0.25, -0.2) is 0 Å². The Balaban J connectivity index is 2.46. The Morgan fingerprint density at radius 3 is 2.93 bits per heavy atom. The maximum Gasteiger partial charge on any atom is 0.204 e. The van der Waals surface area contributed by atoms with Crippen LogP contribution in [0.1, 0.15) is 6.92 Å². The fraction of sp³-hybridized carbons (Fsp3) is 0.364. The number of hydrogen-bond donors (Lipinski definition) is 1. The molecule has 0 fully saturated rings. The average Bonchev–Trinajstić information content (AvgIpc) is 2.24. The Labute approximate surface area is 88.9 Å². The highest BCUT2D eigenvalue weighted by Gasteiger charge is 2.30. The lowest BCUT2D eigenvalue weighted by atomic mass is 10.1. The second-order valence-electron chi connectivity index (χ2n) is 3.75. The number of nitrogens with zero attached hydrogens (tertiary/aromatic N) is 2. The molecular formula is C11H13N3O. The molecule has 0 aliphatic carbocycles. The largest absolute Gasteiger partial charge is 0.471 e. The van der Waals surface area contributed by atoms with E-state index < -0.39 is 6.10 Å². The number of nitrogen functional groups attached to an aromatic ring is 1. The van der Waals surface area contributed by atoms with Crippen LogP contribution < -0.4 is 15.4 Å². The summed E-state index contributed by atoms with van der Waals surface area (Å²) in [4.78, 5) is 2.02. The molecule has 4 nitrogen and oxygen atoms in total. The number of benzene rings is 1. The lowest BCUT2D eigenvalue weighted by molar-refractivity contribution is 0.212. The second kappa shape index (κ2) is 3.35. The molecule has 2 unspecified atom stereocenters. The standard InChI is InChI=1S/C11H13N3O/c1-7-11(6-12)15-10-4-3-8(13)5-9(10)14(7)2/h3-5,7,11H,13H2,1-2H3. The van der Waals surface area contributed by atoms with Crippen molar-refractivity contribution in [3.8, 4) is 11.8 Å². The fourth-order valence-electron chi connectivity index (χ4n) is 1.70. The van der Waals surface area contributed by atoms with E-state index in [1.165, 1.54) is 0 Å². The van der Waals surface area contributed by atoms with Gasteiger partial charge in [0.15, 0.2) is 0 Å². The van der Waals surface area contributed by atoms with Crippen LogP contribution in [0, 0.1) is 11.3 Å². The van der Waals surface area contributed by atoms with Gasteiger partial charge in [-0.05, 0) is 25.1 Å². The van der Waals surface area contributed by atoms with Gasteiger partial charge in [0.2, 0.25) is 6.10 Å². The lowest BCUT2D eigenvalue weighted by Crippen LogP contribution is -2.45. The molecule has 15 heavy (non-hydrogen) atoms. The Morgan fingerprint density at radius 2 is 2.27 bits per heavy atom. The first-order valence-electron chi connectivity index (χ1n) is 4.82. The summed E-state index contributed by atoms with van der Waals surface area (Å²) in [6.45, 7) is 1.96. The first-order valence-corrected chi connectivity index (χ1v) is 4.82. The van der Waals surface area contributed by atoms with E-state index in [4.69, 9.17) is 15.7 Å². The summed E-state index contributed by atoms with van der Waals surface area (Å²) in [5.41, 5.74) is 7.35. The predicted molar refractivity (Wildman–Crippen MR) is 58.7 cm³/mol. The van der Waals surface area contributed by atoms with Crippen molar-refractivity contribution in [3.63, 3.8) is 0 Å². The van der Waals surface area contributed by atoms with E-state index in [1.54, 1.807) is 12.1 Å². The van der Waals surface area contributed by atoms with Crippen LogP contribution >= 0.6 is 0 Å². The second-order valence-corrected chi connectivity index (χ2v) is 3.75. The molecule has 1 aromatic carbocycles. The van der Waals surface area contributed by atoms with Gasteiger partial charge in [0.1, 0.15) is 11.8 Å². The number of ether oxygens (including phenoxy) is 1. The van der Waals surface area contributed by atoms with Crippen LogP contribution in [0.15, 0.2) is 18.2 Å². The number of likely N-dealkylation sites (N-methyl/N-ethyl adjacent to an activating group) is 1. The maximum absolute atomic E-state index is 8.93. The number of rotatable bonds is 0. The van der Waals surface area contributed by atoms with E-state index in [2.05, 4.69) is 6.07 Å². The predicted octanol–water partition coefficient (Wildman–Crippen LogP) is 1.38.